The molecule has 0 heterocycles. The summed E-state index contributed by atoms with van der Waals surface area (Å²) >= 11 is 0. The van der Waals surface area contributed by atoms with Gasteiger partial charge in [-0.3, -0.25) is 0 Å². The number of hydrogen-bond donors (Lipinski definition) is 0. The summed E-state index contributed by atoms with van der Waals surface area (Å²) in [5, 5.41) is 0. The quantitative estimate of drug-likeness (QED) is 0.519. The van der Waals surface area contributed by atoms with Gasteiger partial charge >= 0.3 is 0 Å². The van der Waals surface area contributed by atoms with Crippen molar-refractivity contribution in [1.29, 1.82) is 0 Å². The lowest BCUT2D eigenvalue weighted by Gasteiger charge is -2.53. The number of ether oxygens (including phenoxy) is 2. The second kappa shape index (κ2) is 10.0. The third-order valence-corrected chi connectivity index (χ3v) is 6.62. The van der Waals surface area contributed by atoms with Gasteiger partial charge in [-0.25, -0.2) is 0 Å². The van der Waals surface area contributed by atoms with Crippen LogP contribution >= 0.6 is 0 Å². The van der Waals surface area contributed by atoms with E-state index in [1.807, 2.05) is 0 Å². The van der Waals surface area contributed by atoms with Gasteiger partial charge in [0.05, 0.1) is 12.7 Å². The van der Waals surface area contributed by atoms with Crippen molar-refractivity contribution in [3.8, 4) is 0 Å². The first kappa shape index (κ1) is 19.2. The Morgan fingerprint density at radius 2 is 1.30 bits per heavy atom. The van der Waals surface area contributed by atoms with Crippen LogP contribution in [0.1, 0.15) is 91.4 Å². The SMILES string of the molecule is CCOCC(C1CCCCC1)(C1CCCCC1)C(CC)OCC. The molecule has 2 aliphatic carbocycles. The van der Waals surface area contributed by atoms with Crippen LogP contribution in [0.5, 0.6) is 0 Å². The predicted octanol–water partition coefficient (Wildman–Crippen LogP) is 5.99. The molecular weight excluding hydrogens is 284 g/mol. The monoisotopic (exact) mass is 324 g/mol. The minimum absolute atomic E-state index is 0.265. The van der Waals surface area contributed by atoms with E-state index in [-0.39, 0.29) is 5.41 Å². The van der Waals surface area contributed by atoms with Crippen LogP contribution in [-0.2, 0) is 9.47 Å². The standard InChI is InChI=1S/C21H40O2/c1-4-20(23-6-3)21(17-22-5-2,18-13-9-7-10-14-18)19-15-11-8-12-16-19/h18-20H,4-17H2,1-3H3. The van der Waals surface area contributed by atoms with Gasteiger partial charge in [-0.05, 0) is 57.8 Å². The highest BCUT2D eigenvalue weighted by molar-refractivity contribution is 4.99. The van der Waals surface area contributed by atoms with Crippen LogP contribution in [-0.4, -0.2) is 25.9 Å². The minimum atomic E-state index is 0.265. The lowest BCUT2D eigenvalue weighted by Crippen LogP contribution is -2.53. The van der Waals surface area contributed by atoms with Crippen LogP contribution in [0.3, 0.4) is 0 Å². The van der Waals surface area contributed by atoms with Gasteiger partial charge < -0.3 is 9.47 Å². The molecule has 2 nitrogen and oxygen atoms in total. The summed E-state index contributed by atoms with van der Waals surface area (Å²) in [6.45, 7) is 9.24. The lowest BCUT2D eigenvalue weighted by molar-refractivity contribution is -0.153. The fourth-order valence-electron chi connectivity index (χ4n) is 5.60. The predicted molar refractivity (Wildman–Crippen MR) is 97.8 cm³/mol. The summed E-state index contributed by atoms with van der Waals surface area (Å²) in [5.41, 5.74) is 0.265. The molecule has 2 aliphatic rings. The average Bonchev–Trinajstić information content (AvgIpc) is 2.63. The van der Waals surface area contributed by atoms with E-state index in [1.165, 1.54) is 64.2 Å². The summed E-state index contributed by atoms with van der Waals surface area (Å²) in [5.74, 6) is 1.62. The van der Waals surface area contributed by atoms with Crippen LogP contribution in [0.2, 0.25) is 0 Å². The topological polar surface area (TPSA) is 18.5 Å². The van der Waals surface area contributed by atoms with Crippen molar-refractivity contribution >= 4 is 0 Å². The molecule has 1 unspecified atom stereocenters. The molecule has 2 fully saturated rings. The highest BCUT2D eigenvalue weighted by atomic mass is 16.5. The molecule has 0 spiro atoms. The van der Waals surface area contributed by atoms with Crippen LogP contribution in [0, 0.1) is 17.3 Å². The second-order valence-electron chi connectivity index (χ2n) is 7.77. The van der Waals surface area contributed by atoms with Crippen molar-refractivity contribution < 1.29 is 9.47 Å². The highest BCUT2D eigenvalue weighted by Gasteiger charge is 2.50. The highest BCUT2D eigenvalue weighted by Crippen LogP contribution is 2.52. The van der Waals surface area contributed by atoms with Crippen molar-refractivity contribution in [1.82, 2.24) is 0 Å². The Bertz CT molecular complexity index is 276. The van der Waals surface area contributed by atoms with Gasteiger partial charge in [-0.2, -0.15) is 0 Å². The molecule has 0 bridgehead atoms. The van der Waals surface area contributed by atoms with E-state index in [4.69, 9.17) is 9.47 Å². The number of hydrogen-bond acceptors (Lipinski definition) is 2. The fraction of sp³-hybridized carbons (Fsp3) is 1.00. The lowest BCUT2D eigenvalue weighted by atomic mass is 9.56. The third-order valence-electron chi connectivity index (χ3n) is 6.62. The molecule has 0 saturated heterocycles. The average molecular weight is 325 g/mol. The molecule has 0 aliphatic heterocycles. The maximum absolute atomic E-state index is 6.38. The minimum Gasteiger partial charge on any atom is -0.381 e. The van der Waals surface area contributed by atoms with Gasteiger partial charge in [0, 0.05) is 18.6 Å². The van der Waals surface area contributed by atoms with E-state index in [0.717, 1.165) is 38.1 Å². The molecule has 23 heavy (non-hydrogen) atoms. The van der Waals surface area contributed by atoms with Crippen LogP contribution in [0.4, 0.5) is 0 Å². The molecule has 0 aromatic rings. The number of rotatable bonds is 9. The zero-order valence-corrected chi connectivity index (χ0v) is 15.9. The van der Waals surface area contributed by atoms with E-state index in [0.29, 0.717) is 6.10 Å². The maximum Gasteiger partial charge on any atom is 0.0655 e. The molecule has 2 rings (SSSR count). The van der Waals surface area contributed by atoms with E-state index >= 15 is 0 Å². The van der Waals surface area contributed by atoms with Crippen LogP contribution in [0.25, 0.3) is 0 Å². The van der Waals surface area contributed by atoms with Gasteiger partial charge in [0.2, 0.25) is 0 Å². The van der Waals surface area contributed by atoms with E-state index in [2.05, 4.69) is 20.8 Å². The Balaban J connectivity index is 2.32. The van der Waals surface area contributed by atoms with Crippen LogP contribution in [0.15, 0.2) is 0 Å². The first-order valence-corrected chi connectivity index (χ1v) is 10.5. The van der Waals surface area contributed by atoms with Crippen molar-refractivity contribution in [2.24, 2.45) is 17.3 Å². The molecule has 0 amide bonds. The maximum atomic E-state index is 6.38. The first-order chi connectivity index (χ1) is 11.3. The summed E-state index contributed by atoms with van der Waals surface area (Å²) in [4.78, 5) is 0. The first-order valence-electron chi connectivity index (χ1n) is 10.5. The Kier molecular flexibility index (Phi) is 8.40. The molecule has 0 aromatic carbocycles. The van der Waals surface area contributed by atoms with Gasteiger partial charge in [0.15, 0.2) is 0 Å². The van der Waals surface area contributed by atoms with E-state index in [1.54, 1.807) is 0 Å². The molecule has 0 N–H and O–H groups in total. The summed E-state index contributed by atoms with van der Waals surface area (Å²) < 4.78 is 12.5. The zero-order chi connectivity index (χ0) is 16.5. The molecule has 0 radical (unpaired) electrons. The summed E-state index contributed by atoms with van der Waals surface area (Å²) in [6, 6.07) is 0. The van der Waals surface area contributed by atoms with Gasteiger partial charge in [0.25, 0.3) is 0 Å². The second-order valence-corrected chi connectivity index (χ2v) is 7.77. The van der Waals surface area contributed by atoms with Crippen molar-refractivity contribution in [3.63, 3.8) is 0 Å². The van der Waals surface area contributed by atoms with E-state index in [9.17, 15) is 0 Å². The smallest absolute Gasteiger partial charge is 0.0655 e. The Labute approximate surface area is 144 Å². The molecule has 1 atom stereocenters. The van der Waals surface area contributed by atoms with Gasteiger partial charge in [-0.1, -0.05) is 45.4 Å². The molecule has 136 valence electrons. The van der Waals surface area contributed by atoms with Gasteiger partial charge in [-0.15, -0.1) is 0 Å². The fourth-order valence-corrected chi connectivity index (χ4v) is 5.60. The van der Waals surface area contributed by atoms with Crippen LogP contribution < -0.4 is 0 Å². The van der Waals surface area contributed by atoms with E-state index < -0.39 is 0 Å². The normalized spacial score (nSPS) is 23.1. The third kappa shape index (κ3) is 4.51. The van der Waals surface area contributed by atoms with Gasteiger partial charge in [0.1, 0.15) is 0 Å². The molecule has 0 aromatic heterocycles. The Morgan fingerprint density at radius 3 is 1.70 bits per heavy atom. The molecular formula is C21H40O2. The van der Waals surface area contributed by atoms with Crippen molar-refractivity contribution in [2.75, 3.05) is 19.8 Å². The summed E-state index contributed by atoms with van der Waals surface area (Å²) in [7, 11) is 0. The largest absolute Gasteiger partial charge is 0.381 e. The Hall–Kier alpha value is -0.0800. The molecule has 2 heteroatoms. The zero-order valence-electron chi connectivity index (χ0n) is 15.9. The summed E-state index contributed by atoms with van der Waals surface area (Å²) in [6.07, 6.45) is 15.6. The van der Waals surface area contributed by atoms with Crippen molar-refractivity contribution in [3.05, 3.63) is 0 Å². The molecule has 2 saturated carbocycles. The Morgan fingerprint density at radius 1 is 0.783 bits per heavy atom. The van der Waals surface area contributed by atoms with Crippen molar-refractivity contribution in [2.45, 2.75) is 97.5 Å².